The van der Waals surface area contributed by atoms with Crippen LogP contribution in [-0.4, -0.2) is 110 Å². The number of aromatic nitrogens is 1. The van der Waals surface area contributed by atoms with Gasteiger partial charge in [-0.1, -0.05) is 12.1 Å². The van der Waals surface area contributed by atoms with Crippen molar-refractivity contribution in [3.63, 3.8) is 0 Å². The van der Waals surface area contributed by atoms with E-state index < -0.39 is 0 Å². The first-order valence-corrected chi connectivity index (χ1v) is 11.7. The molecule has 0 aliphatic carbocycles. The highest BCUT2D eigenvalue weighted by Gasteiger charge is 2.24. The Hall–Kier alpha value is -2.46. The summed E-state index contributed by atoms with van der Waals surface area (Å²) in [5, 5.41) is 0. The number of ether oxygens (including phenoxy) is 2. The Kier molecular flexibility index (Phi) is 8.33. The Balaban J connectivity index is 1.39. The molecule has 9 nitrogen and oxygen atoms in total. The van der Waals surface area contributed by atoms with Crippen molar-refractivity contribution in [1.82, 2.24) is 24.6 Å². The molecule has 0 atom stereocenters. The Morgan fingerprint density at radius 3 is 2.48 bits per heavy atom. The Labute approximate surface area is 195 Å². The van der Waals surface area contributed by atoms with Gasteiger partial charge in [0.15, 0.2) is 5.69 Å². The number of nitrogens with zero attached hydrogens (tertiary/aromatic N) is 5. The summed E-state index contributed by atoms with van der Waals surface area (Å²) in [6.45, 7) is 9.83. The summed E-state index contributed by atoms with van der Waals surface area (Å²) >= 11 is 0. The molecule has 0 spiro atoms. The van der Waals surface area contributed by atoms with Gasteiger partial charge < -0.3 is 23.7 Å². The van der Waals surface area contributed by atoms with E-state index in [2.05, 4.69) is 38.9 Å². The largest absolute Gasteiger partial charge is 0.497 e. The smallest absolute Gasteiger partial charge is 0.275 e. The van der Waals surface area contributed by atoms with Crippen LogP contribution in [-0.2, 0) is 17.8 Å². The molecule has 2 aliphatic rings. The highest BCUT2D eigenvalue weighted by molar-refractivity contribution is 5.92. The molecule has 1 aromatic carbocycles. The molecule has 3 heterocycles. The number of benzene rings is 1. The molecule has 2 saturated heterocycles. The SMILES string of the molecule is COc1ccc(CN(CCN2CCOCC2)Cc2nc(C(=O)N3CCN(C)CC3)co2)cc1. The molecule has 2 aliphatic heterocycles. The summed E-state index contributed by atoms with van der Waals surface area (Å²) in [5.74, 6) is 1.37. The van der Waals surface area contributed by atoms with E-state index >= 15 is 0 Å². The predicted octanol–water partition coefficient (Wildman–Crippen LogP) is 1.41. The van der Waals surface area contributed by atoms with Crippen LogP contribution in [0.2, 0.25) is 0 Å². The minimum atomic E-state index is -0.0480. The van der Waals surface area contributed by atoms with Crippen molar-refractivity contribution in [2.75, 3.05) is 79.7 Å². The highest BCUT2D eigenvalue weighted by atomic mass is 16.5. The number of methoxy groups -OCH3 is 1. The average molecular weight is 458 g/mol. The molecule has 0 unspecified atom stereocenters. The molecule has 4 rings (SSSR count). The maximum atomic E-state index is 12.8. The fraction of sp³-hybridized carbons (Fsp3) is 0.583. The number of rotatable bonds is 9. The lowest BCUT2D eigenvalue weighted by atomic mass is 10.2. The zero-order chi connectivity index (χ0) is 23.0. The van der Waals surface area contributed by atoms with Crippen molar-refractivity contribution in [2.24, 2.45) is 0 Å². The summed E-state index contributed by atoms with van der Waals surface area (Å²) in [5.41, 5.74) is 1.59. The molecule has 180 valence electrons. The van der Waals surface area contributed by atoms with Crippen molar-refractivity contribution in [3.8, 4) is 5.75 Å². The number of morpholine rings is 1. The Morgan fingerprint density at radius 1 is 1.06 bits per heavy atom. The molecule has 0 bridgehead atoms. The Morgan fingerprint density at radius 2 is 1.79 bits per heavy atom. The van der Waals surface area contributed by atoms with Crippen molar-refractivity contribution in [2.45, 2.75) is 13.1 Å². The zero-order valence-electron chi connectivity index (χ0n) is 19.7. The van der Waals surface area contributed by atoms with Gasteiger partial charge in [-0.25, -0.2) is 4.98 Å². The van der Waals surface area contributed by atoms with Crippen LogP contribution in [0.15, 0.2) is 34.9 Å². The molecule has 1 amide bonds. The molecule has 2 aromatic rings. The molecule has 33 heavy (non-hydrogen) atoms. The number of hydrogen-bond donors (Lipinski definition) is 0. The van der Waals surface area contributed by atoms with E-state index in [9.17, 15) is 4.79 Å². The summed E-state index contributed by atoms with van der Waals surface area (Å²) < 4.78 is 16.5. The van der Waals surface area contributed by atoms with E-state index in [1.54, 1.807) is 7.11 Å². The van der Waals surface area contributed by atoms with E-state index in [0.29, 0.717) is 18.1 Å². The summed E-state index contributed by atoms with van der Waals surface area (Å²) in [6.07, 6.45) is 1.50. The van der Waals surface area contributed by atoms with Crippen molar-refractivity contribution in [1.29, 1.82) is 0 Å². The van der Waals surface area contributed by atoms with Gasteiger partial charge in [-0.15, -0.1) is 0 Å². The van der Waals surface area contributed by atoms with Gasteiger partial charge in [0.2, 0.25) is 5.89 Å². The topological polar surface area (TPSA) is 74.5 Å². The van der Waals surface area contributed by atoms with Gasteiger partial charge >= 0.3 is 0 Å². The first-order chi connectivity index (χ1) is 16.1. The van der Waals surface area contributed by atoms with E-state index in [0.717, 1.165) is 77.9 Å². The van der Waals surface area contributed by atoms with Crippen molar-refractivity contribution >= 4 is 5.91 Å². The van der Waals surface area contributed by atoms with Crippen molar-refractivity contribution < 1.29 is 18.7 Å². The highest BCUT2D eigenvalue weighted by Crippen LogP contribution is 2.16. The van der Waals surface area contributed by atoms with Crippen LogP contribution in [0.4, 0.5) is 0 Å². The monoisotopic (exact) mass is 457 g/mol. The number of hydrogen-bond acceptors (Lipinski definition) is 8. The van der Waals surface area contributed by atoms with E-state index in [1.165, 1.54) is 11.8 Å². The van der Waals surface area contributed by atoms with Gasteiger partial charge in [-0.05, 0) is 24.7 Å². The fourth-order valence-corrected chi connectivity index (χ4v) is 4.16. The van der Waals surface area contributed by atoms with E-state index in [1.807, 2.05) is 17.0 Å². The molecule has 2 fully saturated rings. The Bertz CT molecular complexity index is 873. The normalized spacial score (nSPS) is 18.1. The number of carbonyl (C=O) groups excluding carboxylic acids is 1. The van der Waals surface area contributed by atoms with E-state index in [4.69, 9.17) is 13.9 Å². The quantitative estimate of drug-likeness (QED) is 0.560. The summed E-state index contributed by atoms with van der Waals surface area (Å²) in [4.78, 5) is 26.2. The number of likely N-dealkylation sites (N-methyl/N-ethyl adjacent to an activating group) is 1. The maximum absolute atomic E-state index is 12.8. The second kappa shape index (κ2) is 11.6. The average Bonchev–Trinajstić information content (AvgIpc) is 3.32. The summed E-state index contributed by atoms with van der Waals surface area (Å²) in [6, 6.07) is 8.12. The minimum absolute atomic E-state index is 0.0480. The third-order valence-corrected chi connectivity index (χ3v) is 6.32. The van der Waals surface area contributed by atoms with E-state index in [-0.39, 0.29) is 5.91 Å². The van der Waals surface area contributed by atoms with Gasteiger partial charge in [0, 0.05) is 58.9 Å². The predicted molar refractivity (Wildman–Crippen MR) is 124 cm³/mol. The lowest BCUT2D eigenvalue weighted by Gasteiger charge is -2.31. The van der Waals surface area contributed by atoms with Gasteiger partial charge in [-0.3, -0.25) is 14.6 Å². The first-order valence-electron chi connectivity index (χ1n) is 11.7. The van der Waals surface area contributed by atoms with Gasteiger partial charge in [-0.2, -0.15) is 0 Å². The third-order valence-electron chi connectivity index (χ3n) is 6.32. The van der Waals surface area contributed by atoms with Crippen LogP contribution < -0.4 is 4.74 Å². The second-order valence-corrected chi connectivity index (χ2v) is 8.73. The van der Waals surface area contributed by atoms with Gasteiger partial charge in [0.25, 0.3) is 5.91 Å². The van der Waals surface area contributed by atoms with Crippen LogP contribution in [0.25, 0.3) is 0 Å². The first kappa shape index (κ1) is 23.7. The van der Waals surface area contributed by atoms with Crippen LogP contribution in [0.3, 0.4) is 0 Å². The lowest BCUT2D eigenvalue weighted by Crippen LogP contribution is -2.47. The standard InChI is InChI=1S/C24H35N5O4/c1-26-7-11-29(12-8-26)24(30)22-19-33-23(25-22)18-28(10-9-27-13-15-32-16-14-27)17-20-3-5-21(31-2)6-4-20/h3-6,19H,7-18H2,1-2H3. The molecule has 0 saturated carbocycles. The van der Waals surface area contributed by atoms with Crippen molar-refractivity contribution in [3.05, 3.63) is 47.7 Å². The summed E-state index contributed by atoms with van der Waals surface area (Å²) in [7, 11) is 3.75. The number of piperazine rings is 1. The number of oxazole rings is 1. The molecular weight excluding hydrogens is 422 g/mol. The van der Waals surface area contributed by atoms with Gasteiger partial charge in [0.05, 0.1) is 26.9 Å². The molecule has 0 N–H and O–H groups in total. The molecule has 1 aromatic heterocycles. The number of amides is 1. The molecular formula is C24H35N5O4. The molecule has 9 heteroatoms. The van der Waals surface area contributed by atoms with Gasteiger partial charge in [0.1, 0.15) is 12.0 Å². The fourth-order valence-electron chi connectivity index (χ4n) is 4.16. The third kappa shape index (κ3) is 6.77. The minimum Gasteiger partial charge on any atom is -0.497 e. The zero-order valence-corrected chi connectivity index (χ0v) is 19.7. The van der Waals surface area contributed by atoms with Crippen LogP contribution in [0.1, 0.15) is 21.9 Å². The van der Waals surface area contributed by atoms with Crippen LogP contribution in [0.5, 0.6) is 5.75 Å². The second-order valence-electron chi connectivity index (χ2n) is 8.73. The number of carbonyl (C=O) groups is 1. The van der Waals surface area contributed by atoms with Crippen LogP contribution in [0, 0.1) is 0 Å². The molecule has 0 radical (unpaired) electrons. The van der Waals surface area contributed by atoms with Crippen LogP contribution >= 0.6 is 0 Å². The maximum Gasteiger partial charge on any atom is 0.275 e. The lowest BCUT2D eigenvalue weighted by molar-refractivity contribution is 0.0320.